The van der Waals surface area contributed by atoms with Gasteiger partial charge in [-0.1, -0.05) is 90.1 Å². The van der Waals surface area contributed by atoms with E-state index in [4.69, 9.17) is 34.8 Å². The highest BCUT2D eigenvalue weighted by atomic mass is 35.6. The Morgan fingerprint density at radius 1 is 1.03 bits per heavy atom. The SMILES string of the molecule is O=C(Cc1cccc2ccccc12)NC(N(S)C(=O)Nc1ccc([N+](=O)[O-])cc1)C(Cl)(Cl)Cl. The number of halogens is 3. The van der Waals surface area contributed by atoms with Crippen molar-refractivity contribution in [3.63, 3.8) is 0 Å². The number of nitro benzene ring substituents is 1. The van der Waals surface area contributed by atoms with Gasteiger partial charge in [0.1, 0.15) is 0 Å². The minimum absolute atomic E-state index is 0.0236. The quantitative estimate of drug-likeness (QED) is 0.130. The number of carbonyl (C=O) groups is 2. The molecular formula is C21H17Cl3N4O4S. The Labute approximate surface area is 209 Å². The highest BCUT2D eigenvalue weighted by Gasteiger charge is 2.40. The van der Waals surface area contributed by atoms with Crippen molar-refractivity contribution >= 4 is 81.7 Å². The molecule has 0 aliphatic heterocycles. The molecule has 0 aromatic heterocycles. The molecule has 0 saturated carbocycles. The summed E-state index contributed by atoms with van der Waals surface area (Å²) in [5, 5.41) is 17.6. The number of hydrogen-bond donors (Lipinski definition) is 3. The summed E-state index contributed by atoms with van der Waals surface area (Å²) in [7, 11) is 0. The summed E-state index contributed by atoms with van der Waals surface area (Å²) in [6.45, 7) is 0. The zero-order valence-corrected chi connectivity index (χ0v) is 19.9. The van der Waals surface area contributed by atoms with E-state index in [2.05, 4.69) is 23.4 Å². The minimum Gasteiger partial charge on any atom is -0.331 e. The number of urea groups is 1. The van der Waals surface area contributed by atoms with Gasteiger partial charge in [0.2, 0.25) is 9.70 Å². The summed E-state index contributed by atoms with van der Waals surface area (Å²) >= 11 is 22.1. The molecule has 2 N–H and O–H groups in total. The number of benzene rings is 3. The second-order valence-corrected chi connectivity index (χ2v) is 9.71. The molecule has 3 aromatic carbocycles. The lowest BCUT2D eigenvalue weighted by Crippen LogP contribution is -2.55. The molecule has 0 aliphatic carbocycles. The summed E-state index contributed by atoms with van der Waals surface area (Å²) in [6, 6.07) is 17.4. The molecular weight excluding hydrogens is 511 g/mol. The number of thiol groups is 1. The lowest BCUT2D eigenvalue weighted by molar-refractivity contribution is -0.384. The average Bonchev–Trinajstić information content (AvgIpc) is 2.77. The van der Waals surface area contributed by atoms with Crippen molar-refractivity contribution in [3.8, 4) is 0 Å². The average molecular weight is 528 g/mol. The first-order chi connectivity index (χ1) is 15.6. The van der Waals surface area contributed by atoms with Gasteiger partial charge >= 0.3 is 6.03 Å². The van der Waals surface area contributed by atoms with Gasteiger partial charge in [-0.2, -0.15) is 0 Å². The number of carbonyl (C=O) groups excluding carboxylic acids is 2. The highest BCUT2D eigenvalue weighted by molar-refractivity contribution is 7.78. The minimum atomic E-state index is -2.11. The zero-order chi connectivity index (χ0) is 24.2. The van der Waals surface area contributed by atoms with Gasteiger partial charge in [0, 0.05) is 17.8 Å². The molecule has 0 radical (unpaired) electrons. The molecule has 33 heavy (non-hydrogen) atoms. The number of nitrogens with one attached hydrogen (secondary N) is 2. The van der Waals surface area contributed by atoms with Gasteiger partial charge in [0.25, 0.3) is 5.69 Å². The smallest absolute Gasteiger partial charge is 0.331 e. The van der Waals surface area contributed by atoms with Crippen molar-refractivity contribution in [2.24, 2.45) is 0 Å². The van der Waals surface area contributed by atoms with E-state index in [9.17, 15) is 19.7 Å². The van der Waals surface area contributed by atoms with E-state index in [0.29, 0.717) is 0 Å². The van der Waals surface area contributed by atoms with E-state index in [-0.39, 0.29) is 17.8 Å². The molecule has 8 nitrogen and oxygen atoms in total. The summed E-state index contributed by atoms with van der Waals surface area (Å²) in [5.74, 6) is -0.495. The van der Waals surface area contributed by atoms with Crippen molar-refractivity contribution in [2.45, 2.75) is 16.4 Å². The van der Waals surface area contributed by atoms with E-state index < -0.39 is 26.8 Å². The van der Waals surface area contributed by atoms with Crippen molar-refractivity contribution in [2.75, 3.05) is 5.32 Å². The van der Waals surface area contributed by atoms with Gasteiger partial charge in [0.05, 0.1) is 11.3 Å². The maximum absolute atomic E-state index is 12.8. The number of hydrogen-bond acceptors (Lipinski definition) is 5. The number of non-ortho nitro benzene ring substituents is 1. The second-order valence-electron chi connectivity index (χ2n) is 6.91. The van der Waals surface area contributed by atoms with E-state index in [0.717, 1.165) is 20.6 Å². The molecule has 12 heteroatoms. The number of amides is 3. The first-order valence-corrected chi connectivity index (χ1v) is 11.0. The topological polar surface area (TPSA) is 105 Å². The van der Waals surface area contributed by atoms with Gasteiger partial charge in [-0.15, -0.1) is 0 Å². The first-order valence-electron chi connectivity index (χ1n) is 9.42. The highest BCUT2D eigenvalue weighted by Crippen LogP contribution is 2.33. The van der Waals surface area contributed by atoms with Crippen LogP contribution in [0, 0.1) is 10.1 Å². The largest absolute Gasteiger partial charge is 0.333 e. The number of fused-ring (bicyclic) bond motifs is 1. The fourth-order valence-electron chi connectivity index (χ4n) is 3.07. The van der Waals surface area contributed by atoms with Crippen LogP contribution in [0.5, 0.6) is 0 Å². The third-order valence-electron chi connectivity index (χ3n) is 4.62. The predicted octanol–water partition coefficient (Wildman–Crippen LogP) is 5.48. The number of rotatable bonds is 6. The molecule has 0 spiro atoms. The normalized spacial score (nSPS) is 12.1. The lowest BCUT2D eigenvalue weighted by Gasteiger charge is -2.32. The Morgan fingerprint density at radius 3 is 2.30 bits per heavy atom. The van der Waals surface area contributed by atoms with Crippen LogP contribution in [0.25, 0.3) is 10.8 Å². The van der Waals surface area contributed by atoms with Crippen molar-refractivity contribution in [3.05, 3.63) is 82.4 Å². The molecule has 0 aliphatic rings. The summed E-state index contributed by atoms with van der Waals surface area (Å²) in [4.78, 5) is 35.6. The summed E-state index contributed by atoms with van der Waals surface area (Å²) < 4.78 is -1.38. The first kappa shape index (κ1) is 24.9. The third-order valence-corrected chi connectivity index (χ3v) is 5.65. The molecule has 3 rings (SSSR count). The van der Waals surface area contributed by atoms with Crippen molar-refractivity contribution in [1.82, 2.24) is 9.62 Å². The van der Waals surface area contributed by atoms with Gasteiger partial charge in [-0.25, -0.2) is 9.10 Å². The molecule has 0 saturated heterocycles. The summed E-state index contributed by atoms with van der Waals surface area (Å²) in [5.41, 5.74) is 0.861. The van der Waals surface area contributed by atoms with Gasteiger partial charge in [-0.3, -0.25) is 14.9 Å². The molecule has 0 fully saturated rings. The van der Waals surface area contributed by atoms with Crippen LogP contribution in [0.4, 0.5) is 16.2 Å². The maximum atomic E-state index is 12.8. The van der Waals surface area contributed by atoms with Crippen LogP contribution in [-0.2, 0) is 11.2 Å². The Morgan fingerprint density at radius 2 is 1.67 bits per heavy atom. The summed E-state index contributed by atoms with van der Waals surface area (Å²) in [6.07, 6.45) is -1.45. The molecule has 0 heterocycles. The lowest BCUT2D eigenvalue weighted by atomic mass is 10.0. The number of nitrogens with zero attached hydrogens (tertiary/aromatic N) is 2. The fourth-order valence-corrected chi connectivity index (χ4v) is 4.01. The fraction of sp³-hybridized carbons (Fsp3) is 0.143. The van der Waals surface area contributed by atoms with Crippen molar-refractivity contribution in [1.29, 1.82) is 0 Å². The maximum Gasteiger partial charge on any atom is 0.333 e. The predicted molar refractivity (Wildman–Crippen MR) is 133 cm³/mol. The van der Waals surface area contributed by atoms with Crippen LogP contribution >= 0.6 is 47.6 Å². The Balaban J connectivity index is 1.72. The molecule has 1 atom stereocenters. The third kappa shape index (κ3) is 6.42. The van der Waals surface area contributed by atoms with Gasteiger partial charge in [-0.05, 0) is 28.5 Å². The number of nitro groups is 1. The van der Waals surface area contributed by atoms with Crippen LogP contribution in [0.2, 0.25) is 0 Å². The number of alkyl halides is 3. The molecule has 3 amide bonds. The molecule has 0 bridgehead atoms. The number of anilines is 1. The van der Waals surface area contributed by atoms with Gasteiger partial charge < -0.3 is 10.6 Å². The van der Waals surface area contributed by atoms with E-state index in [1.54, 1.807) is 0 Å². The second kappa shape index (κ2) is 10.5. The Bertz CT molecular complexity index is 1180. The van der Waals surface area contributed by atoms with Crippen LogP contribution in [0.1, 0.15) is 5.56 Å². The molecule has 1 unspecified atom stereocenters. The molecule has 172 valence electrons. The Kier molecular flexibility index (Phi) is 7.91. The van der Waals surface area contributed by atoms with Crippen LogP contribution in [0.15, 0.2) is 66.7 Å². The van der Waals surface area contributed by atoms with Crippen molar-refractivity contribution < 1.29 is 14.5 Å². The standard InChI is InChI=1S/C21H17Cl3N4O4S/c22-21(23,24)19(27(33)20(30)25-15-8-10-16(11-9-15)28(31)32)26-18(29)12-14-6-3-5-13-4-1-2-7-17(13)14/h1-11,19,33H,12H2,(H,25,30)(H,26,29). The zero-order valence-electron chi connectivity index (χ0n) is 16.7. The van der Waals surface area contributed by atoms with Gasteiger partial charge in [0.15, 0.2) is 6.17 Å². The van der Waals surface area contributed by atoms with E-state index in [1.807, 2.05) is 42.5 Å². The Hall–Kier alpha value is -2.72. The van der Waals surface area contributed by atoms with E-state index in [1.165, 1.54) is 24.3 Å². The monoisotopic (exact) mass is 526 g/mol. The van der Waals surface area contributed by atoms with E-state index >= 15 is 0 Å². The molecule has 3 aromatic rings. The van der Waals surface area contributed by atoms with Crippen LogP contribution < -0.4 is 10.6 Å². The van der Waals surface area contributed by atoms with Crippen LogP contribution in [-0.4, -0.2) is 31.1 Å². The van der Waals surface area contributed by atoms with Crippen LogP contribution in [0.3, 0.4) is 0 Å².